The number of halogens is 1. The van der Waals surface area contributed by atoms with Gasteiger partial charge in [0, 0.05) is 31.7 Å². The molecule has 1 aromatic rings. The van der Waals surface area contributed by atoms with Crippen molar-refractivity contribution in [3.05, 3.63) is 10.8 Å². The van der Waals surface area contributed by atoms with Crippen molar-refractivity contribution in [2.75, 3.05) is 50.5 Å². The number of nitrogens with two attached hydrogens (primary N) is 1. The maximum atomic E-state index is 11.7. The van der Waals surface area contributed by atoms with Crippen LogP contribution in [0.1, 0.15) is 44.1 Å². The zero-order chi connectivity index (χ0) is 20.0. The number of carbonyl (C=O) groups is 1. The molecule has 152 valence electrons. The van der Waals surface area contributed by atoms with E-state index >= 15 is 0 Å². The minimum Gasteiger partial charge on any atom is -0.464 e. The number of esters is 1. The summed E-state index contributed by atoms with van der Waals surface area (Å²) in [7, 11) is 1.27. The van der Waals surface area contributed by atoms with Gasteiger partial charge in [-0.15, -0.1) is 0 Å². The molecule has 3 N–H and O–H groups in total. The molecule has 2 aliphatic heterocycles. The number of methoxy groups -OCH3 is 1. The molecule has 1 aromatic heterocycles. The number of anilines is 2. The van der Waals surface area contributed by atoms with Gasteiger partial charge >= 0.3 is 5.97 Å². The molecule has 1 unspecified atom stereocenters. The molecule has 1 atom stereocenters. The van der Waals surface area contributed by atoms with E-state index in [9.17, 15) is 4.79 Å². The van der Waals surface area contributed by atoms with Gasteiger partial charge < -0.3 is 20.7 Å². The molecule has 2 fully saturated rings. The smallest absolute Gasteiger partial charge is 0.360 e. The van der Waals surface area contributed by atoms with Gasteiger partial charge in [0.2, 0.25) is 0 Å². The van der Waals surface area contributed by atoms with Crippen molar-refractivity contribution >= 4 is 29.2 Å². The van der Waals surface area contributed by atoms with Crippen molar-refractivity contribution < 1.29 is 9.53 Å². The largest absolute Gasteiger partial charge is 0.464 e. The molecule has 0 radical (unpaired) electrons. The SMILES string of the molecule is CC.COC(=O)c1nc(Cl)c(N2CCN(C3CCNCC3)C(C)C2)nc1N. The number of carbonyl (C=O) groups excluding carboxylic acids is 1. The van der Waals surface area contributed by atoms with E-state index in [2.05, 4.69) is 36.7 Å². The van der Waals surface area contributed by atoms with Crippen LogP contribution in [0.4, 0.5) is 11.6 Å². The first-order valence-corrected chi connectivity index (χ1v) is 10.0. The average Bonchev–Trinajstić information content (AvgIpc) is 2.71. The number of nitrogen functional groups attached to an aromatic ring is 1. The zero-order valence-electron chi connectivity index (χ0n) is 16.7. The Morgan fingerprint density at radius 1 is 1.26 bits per heavy atom. The van der Waals surface area contributed by atoms with E-state index in [1.54, 1.807) is 0 Å². The lowest BCUT2D eigenvalue weighted by molar-refractivity contribution is 0.0595. The van der Waals surface area contributed by atoms with Gasteiger partial charge in [-0.25, -0.2) is 14.8 Å². The Morgan fingerprint density at radius 3 is 2.52 bits per heavy atom. The normalized spacial score (nSPS) is 21.4. The Balaban J connectivity index is 0.00000126. The molecule has 8 nitrogen and oxygen atoms in total. The van der Waals surface area contributed by atoms with Crippen molar-refractivity contribution in [2.24, 2.45) is 0 Å². The van der Waals surface area contributed by atoms with Gasteiger partial charge in [0.15, 0.2) is 22.5 Å². The molecule has 27 heavy (non-hydrogen) atoms. The van der Waals surface area contributed by atoms with Gasteiger partial charge in [0.25, 0.3) is 0 Å². The van der Waals surface area contributed by atoms with Crippen molar-refractivity contribution in [1.29, 1.82) is 0 Å². The van der Waals surface area contributed by atoms with Gasteiger partial charge in [-0.05, 0) is 32.9 Å². The number of nitrogens with zero attached hydrogens (tertiary/aromatic N) is 4. The fraction of sp³-hybridized carbons (Fsp3) is 0.722. The maximum absolute atomic E-state index is 11.7. The van der Waals surface area contributed by atoms with E-state index in [4.69, 9.17) is 17.3 Å². The topological polar surface area (TPSA) is 96.6 Å². The number of rotatable bonds is 3. The lowest BCUT2D eigenvalue weighted by Gasteiger charge is -2.45. The van der Waals surface area contributed by atoms with Crippen LogP contribution in [0.3, 0.4) is 0 Å². The molecule has 0 aromatic carbocycles. The Labute approximate surface area is 166 Å². The third kappa shape index (κ3) is 5.00. The second-order valence-electron chi connectivity index (χ2n) is 6.58. The predicted octanol–water partition coefficient (Wildman–Crippen LogP) is 1.79. The average molecular weight is 399 g/mol. The standard InChI is InChI=1S/C16H25ClN6O2.C2H6/c1-10-9-22(7-8-23(10)11-3-5-19-6-4-11)15-13(17)20-12(14(18)21-15)16(24)25-2;1-2/h10-11,19H,3-9H2,1-2H3,(H2,18,21);1-2H3. The summed E-state index contributed by atoms with van der Waals surface area (Å²) in [5.41, 5.74) is 5.83. The van der Waals surface area contributed by atoms with Crippen molar-refractivity contribution in [2.45, 2.75) is 45.7 Å². The van der Waals surface area contributed by atoms with Crippen LogP contribution in [0.5, 0.6) is 0 Å². The highest BCUT2D eigenvalue weighted by Gasteiger charge is 2.32. The minimum atomic E-state index is -0.637. The second kappa shape index (κ2) is 10.1. The van der Waals surface area contributed by atoms with Crippen LogP contribution >= 0.6 is 11.6 Å². The minimum absolute atomic E-state index is 0.0414. The summed E-state index contributed by atoms with van der Waals surface area (Å²) in [6.07, 6.45) is 2.37. The number of nitrogens with one attached hydrogen (secondary N) is 1. The molecule has 0 spiro atoms. The monoisotopic (exact) mass is 398 g/mol. The Kier molecular flexibility index (Phi) is 8.07. The summed E-state index contributed by atoms with van der Waals surface area (Å²) < 4.78 is 4.65. The lowest BCUT2D eigenvalue weighted by atomic mass is 10.0. The van der Waals surface area contributed by atoms with Crippen LogP contribution in [0.25, 0.3) is 0 Å². The van der Waals surface area contributed by atoms with E-state index in [0.717, 1.165) is 32.7 Å². The molecule has 2 saturated heterocycles. The van der Waals surface area contributed by atoms with E-state index in [0.29, 0.717) is 17.9 Å². The third-order valence-corrected chi connectivity index (χ3v) is 5.25. The van der Waals surface area contributed by atoms with Gasteiger partial charge in [0.1, 0.15) is 0 Å². The number of hydrogen-bond donors (Lipinski definition) is 2. The Bertz CT molecular complexity index is 639. The number of piperidine rings is 1. The summed E-state index contributed by atoms with van der Waals surface area (Å²) in [6, 6.07) is 1.02. The third-order valence-electron chi connectivity index (χ3n) is 5.00. The highest BCUT2D eigenvalue weighted by atomic mass is 35.5. The number of aromatic nitrogens is 2. The van der Waals surface area contributed by atoms with E-state index in [1.807, 2.05) is 13.8 Å². The summed E-state index contributed by atoms with van der Waals surface area (Å²) in [5, 5.41) is 3.59. The van der Waals surface area contributed by atoms with Crippen LogP contribution in [0.15, 0.2) is 0 Å². The fourth-order valence-corrected chi connectivity index (χ4v) is 3.96. The summed E-state index contributed by atoms with van der Waals surface area (Å²) in [6.45, 7) is 10.9. The lowest BCUT2D eigenvalue weighted by Crippen LogP contribution is -2.57. The maximum Gasteiger partial charge on any atom is 0.360 e. The highest BCUT2D eigenvalue weighted by Crippen LogP contribution is 2.28. The van der Waals surface area contributed by atoms with E-state index < -0.39 is 5.97 Å². The molecular formula is C18H31ClN6O2. The van der Waals surface area contributed by atoms with Gasteiger partial charge in [-0.1, -0.05) is 25.4 Å². The van der Waals surface area contributed by atoms with E-state index in [1.165, 1.54) is 20.0 Å². The molecule has 0 amide bonds. The van der Waals surface area contributed by atoms with Crippen molar-refractivity contribution in [3.8, 4) is 0 Å². The van der Waals surface area contributed by atoms with Crippen LogP contribution < -0.4 is 16.0 Å². The molecular weight excluding hydrogens is 368 g/mol. The van der Waals surface area contributed by atoms with Crippen LogP contribution in [-0.4, -0.2) is 72.8 Å². The number of ether oxygens (including phenoxy) is 1. The van der Waals surface area contributed by atoms with Crippen molar-refractivity contribution in [3.63, 3.8) is 0 Å². The van der Waals surface area contributed by atoms with Gasteiger partial charge in [-0.2, -0.15) is 0 Å². The van der Waals surface area contributed by atoms with Crippen LogP contribution in [0, 0.1) is 0 Å². The Hall–Kier alpha value is -1.64. The first-order valence-electron chi connectivity index (χ1n) is 9.64. The fourth-order valence-electron chi connectivity index (χ4n) is 3.71. The van der Waals surface area contributed by atoms with Gasteiger partial charge in [-0.3, -0.25) is 4.90 Å². The first-order chi connectivity index (χ1) is 13.0. The Morgan fingerprint density at radius 2 is 1.93 bits per heavy atom. The summed E-state index contributed by atoms with van der Waals surface area (Å²) in [5.74, 6) is -0.0640. The quantitative estimate of drug-likeness (QED) is 0.744. The van der Waals surface area contributed by atoms with Crippen LogP contribution in [0.2, 0.25) is 5.15 Å². The highest BCUT2D eigenvalue weighted by molar-refractivity contribution is 6.32. The summed E-state index contributed by atoms with van der Waals surface area (Å²) in [4.78, 5) is 24.7. The molecule has 3 rings (SSSR count). The first kappa shape index (κ1) is 21.7. The zero-order valence-corrected chi connectivity index (χ0v) is 17.4. The number of piperazine rings is 1. The molecule has 0 aliphatic carbocycles. The van der Waals surface area contributed by atoms with Gasteiger partial charge in [0.05, 0.1) is 7.11 Å². The summed E-state index contributed by atoms with van der Waals surface area (Å²) >= 11 is 6.27. The number of hydrogen-bond acceptors (Lipinski definition) is 8. The molecule has 0 bridgehead atoms. The predicted molar refractivity (Wildman–Crippen MR) is 108 cm³/mol. The molecule has 3 heterocycles. The van der Waals surface area contributed by atoms with E-state index in [-0.39, 0.29) is 16.7 Å². The van der Waals surface area contributed by atoms with Crippen LogP contribution in [-0.2, 0) is 4.74 Å². The molecule has 9 heteroatoms. The van der Waals surface area contributed by atoms with Crippen molar-refractivity contribution in [1.82, 2.24) is 20.2 Å². The second-order valence-corrected chi connectivity index (χ2v) is 6.94. The molecule has 2 aliphatic rings. The molecule has 0 saturated carbocycles.